The predicted molar refractivity (Wildman–Crippen MR) is 79.9 cm³/mol. The van der Waals surface area contributed by atoms with Crippen molar-refractivity contribution in [3.8, 4) is 11.5 Å². The summed E-state index contributed by atoms with van der Waals surface area (Å²) in [5.74, 6) is 1.40. The Balaban J connectivity index is 2.36. The third-order valence-corrected chi connectivity index (χ3v) is 4.22. The number of fused-ring (bicyclic) bond motifs is 2. The number of rotatable bonds is 2. The van der Waals surface area contributed by atoms with E-state index in [9.17, 15) is 5.11 Å². The lowest BCUT2D eigenvalue weighted by Crippen LogP contribution is -2.43. The third kappa shape index (κ3) is 1.55. The van der Waals surface area contributed by atoms with E-state index in [1.165, 1.54) is 0 Å². The zero-order valence-electron chi connectivity index (χ0n) is 11.8. The molecular weight excluding hydrogens is 248 g/mol. The van der Waals surface area contributed by atoms with Crippen LogP contribution in [0, 0.1) is 5.41 Å². The molecule has 102 valence electrons. The molecule has 20 heavy (non-hydrogen) atoms. The van der Waals surface area contributed by atoms with Crippen LogP contribution in [0.1, 0.15) is 25.0 Å². The minimum atomic E-state index is -1.15. The minimum absolute atomic E-state index is 0.525. The fourth-order valence-corrected chi connectivity index (χ4v) is 2.81. The maximum Gasteiger partial charge on any atom is 0.133 e. The van der Waals surface area contributed by atoms with E-state index in [4.69, 9.17) is 4.74 Å². The first-order chi connectivity index (χ1) is 9.50. The average Bonchev–Trinajstić information content (AvgIpc) is 2.47. The van der Waals surface area contributed by atoms with Crippen molar-refractivity contribution in [2.24, 2.45) is 5.41 Å². The Hall–Kier alpha value is -2.06. The van der Waals surface area contributed by atoms with E-state index >= 15 is 0 Å². The number of benzene rings is 2. The lowest BCUT2D eigenvalue weighted by atomic mass is 9.66. The van der Waals surface area contributed by atoms with Gasteiger partial charge in [-0.25, -0.2) is 0 Å². The maximum absolute atomic E-state index is 11.6. The van der Waals surface area contributed by atoms with Crippen LogP contribution in [-0.4, -0.2) is 5.11 Å². The predicted octanol–water partition coefficient (Wildman–Crippen LogP) is 4.24. The van der Waals surface area contributed by atoms with Crippen LogP contribution in [0.15, 0.2) is 61.2 Å². The fraction of sp³-hybridized carbons (Fsp3) is 0.222. The second-order valence-corrected chi connectivity index (χ2v) is 5.73. The summed E-state index contributed by atoms with van der Waals surface area (Å²) in [6.07, 6.45) is 1.80. The van der Waals surface area contributed by atoms with Crippen LogP contribution in [0.4, 0.5) is 0 Å². The molecule has 0 bridgehead atoms. The Bertz CT molecular complexity index is 625. The van der Waals surface area contributed by atoms with Crippen molar-refractivity contribution in [2.75, 3.05) is 0 Å². The Labute approximate surface area is 119 Å². The molecule has 0 atom stereocenters. The van der Waals surface area contributed by atoms with Crippen molar-refractivity contribution in [2.45, 2.75) is 19.4 Å². The number of aliphatic hydroxyl groups is 1. The van der Waals surface area contributed by atoms with Crippen molar-refractivity contribution < 1.29 is 9.84 Å². The summed E-state index contributed by atoms with van der Waals surface area (Å²) in [6.45, 7) is 7.87. The van der Waals surface area contributed by atoms with Gasteiger partial charge in [0.1, 0.15) is 17.1 Å². The minimum Gasteiger partial charge on any atom is -0.457 e. The molecule has 2 aromatic rings. The zero-order chi connectivity index (χ0) is 14.4. The van der Waals surface area contributed by atoms with Crippen LogP contribution in [-0.2, 0) is 5.60 Å². The molecule has 1 heterocycles. The highest BCUT2D eigenvalue weighted by Crippen LogP contribution is 2.54. The van der Waals surface area contributed by atoms with Gasteiger partial charge in [-0.3, -0.25) is 0 Å². The molecule has 0 saturated heterocycles. The zero-order valence-corrected chi connectivity index (χ0v) is 11.8. The summed E-state index contributed by atoms with van der Waals surface area (Å²) in [4.78, 5) is 0. The lowest BCUT2D eigenvalue weighted by Gasteiger charge is -2.45. The molecule has 2 aromatic carbocycles. The van der Waals surface area contributed by atoms with Gasteiger partial charge in [0.2, 0.25) is 0 Å². The van der Waals surface area contributed by atoms with Crippen LogP contribution in [0.2, 0.25) is 0 Å². The van der Waals surface area contributed by atoms with Gasteiger partial charge in [-0.15, -0.1) is 6.58 Å². The second-order valence-electron chi connectivity index (χ2n) is 5.73. The van der Waals surface area contributed by atoms with Gasteiger partial charge in [-0.2, -0.15) is 0 Å². The summed E-state index contributed by atoms with van der Waals surface area (Å²) in [6, 6.07) is 15.3. The molecule has 0 aliphatic carbocycles. The average molecular weight is 266 g/mol. The first kappa shape index (κ1) is 12.9. The summed E-state index contributed by atoms with van der Waals surface area (Å²) in [7, 11) is 0. The van der Waals surface area contributed by atoms with Gasteiger partial charge in [-0.05, 0) is 12.1 Å². The summed E-state index contributed by atoms with van der Waals surface area (Å²) < 4.78 is 5.92. The molecule has 0 aromatic heterocycles. The maximum atomic E-state index is 11.6. The first-order valence-corrected chi connectivity index (χ1v) is 6.73. The normalized spacial score (nSPS) is 15.8. The molecule has 0 unspecified atom stereocenters. The Morgan fingerprint density at radius 3 is 1.90 bits per heavy atom. The van der Waals surface area contributed by atoms with Crippen LogP contribution >= 0.6 is 0 Å². The number of ether oxygens (including phenoxy) is 1. The van der Waals surface area contributed by atoms with E-state index < -0.39 is 11.0 Å². The highest BCUT2D eigenvalue weighted by atomic mass is 16.5. The Morgan fingerprint density at radius 2 is 1.45 bits per heavy atom. The Morgan fingerprint density at radius 1 is 1.00 bits per heavy atom. The third-order valence-electron chi connectivity index (χ3n) is 4.22. The van der Waals surface area contributed by atoms with E-state index in [0.717, 1.165) is 11.1 Å². The molecule has 2 nitrogen and oxygen atoms in total. The Kier molecular flexibility index (Phi) is 2.73. The first-order valence-electron chi connectivity index (χ1n) is 6.73. The van der Waals surface area contributed by atoms with Crippen molar-refractivity contribution >= 4 is 0 Å². The standard InChI is InChI=1S/C18H18O2/c1-4-17(2,3)18(19)13-9-5-7-11-15(13)20-16-12-8-6-10-14(16)18/h4-12,19H,1H2,2-3H3. The van der Waals surface area contributed by atoms with Crippen molar-refractivity contribution in [1.29, 1.82) is 0 Å². The molecule has 0 fully saturated rings. The van der Waals surface area contributed by atoms with Crippen molar-refractivity contribution in [3.05, 3.63) is 72.3 Å². The van der Waals surface area contributed by atoms with Crippen LogP contribution < -0.4 is 4.74 Å². The van der Waals surface area contributed by atoms with Crippen molar-refractivity contribution in [3.63, 3.8) is 0 Å². The molecule has 0 spiro atoms. The molecular formula is C18H18O2. The monoisotopic (exact) mass is 266 g/mol. The summed E-state index contributed by atoms with van der Waals surface area (Å²) in [5, 5.41) is 11.6. The molecule has 1 N–H and O–H groups in total. The van der Waals surface area contributed by atoms with Gasteiger partial charge in [0.05, 0.1) is 0 Å². The van der Waals surface area contributed by atoms with Crippen LogP contribution in [0.5, 0.6) is 11.5 Å². The van der Waals surface area contributed by atoms with E-state index in [1.54, 1.807) is 6.08 Å². The topological polar surface area (TPSA) is 29.5 Å². The number of hydrogen-bond donors (Lipinski definition) is 1. The summed E-state index contributed by atoms with van der Waals surface area (Å²) >= 11 is 0. The number of hydrogen-bond acceptors (Lipinski definition) is 2. The van der Waals surface area contributed by atoms with Gasteiger partial charge >= 0.3 is 0 Å². The van der Waals surface area contributed by atoms with E-state index in [-0.39, 0.29) is 0 Å². The molecule has 0 saturated carbocycles. The quantitative estimate of drug-likeness (QED) is 0.824. The SMILES string of the molecule is C=CC(C)(C)C1(O)c2ccccc2Oc2ccccc21. The van der Waals surface area contributed by atoms with Crippen molar-refractivity contribution in [1.82, 2.24) is 0 Å². The molecule has 1 aliphatic heterocycles. The largest absolute Gasteiger partial charge is 0.457 e. The summed E-state index contributed by atoms with van der Waals surface area (Å²) in [5.41, 5.74) is -0.115. The van der Waals surface area contributed by atoms with Crippen LogP contribution in [0.25, 0.3) is 0 Å². The van der Waals surface area contributed by atoms with E-state index in [1.807, 2.05) is 62.4 Å². The highest BCUT2D eigenvalue weighted by Gasteiger charge is 2.49. The molecule has 1 aliphatic rings. The van der Waals surface area contributed by atoms with Gasteiger partial charge < -0.3 is 9.84 Å². The van der Waals surface area contributed by atoms with Gasteiger partial charge in [0.15, 0.2) is 0 Å². The van der Waals surface area contributed by atoms with E-state index in [2.05, 4.69) is 6.58 Å². The highest BCUT2D eigenvalue weighted by molar-refractivity contribution is 5.57. The lowest BCUT2D eigenvalue weighted by molar-refractivity contribution is -0.0167. The fourth-order valence-electron chi connectivity index (χ4n) is 2.81. The van der Waals surface area contributed by atoms with Gasteiger partial charge in [0, 0.05) is 16.5 Å². The van der Waals surface area contributed by atoms with Crippen LogP contribution in [0.3, 0.4) is 0 Å². The molecule has 3 rings (SSSR count). The van der Waals surface area contributed by atoms with Gasteiger partial charge in [0.25, 0.3) is 0 Å². The smallest absolute Gasteiger partial charge is 0.133 e. The molecule has 0 radical (unpaired) electrons. The van der Waals surface area contributed by atoms with Gasteiger partial charge in [-0.1, -0.05) is 56.3 Å². The molecule has 0 amide bonds. The number of para-hydroxylation sites is 2. The second kappa shape index (κ2) is 4.22. The van der Waals surface area contributed by atoms with E-state index in [0.29, 0.717) is 11.5 Å². The molecule has 2 heteroatoms.